The van der Waals surface area contributed by atoms with Gasteiger partial charge >= 0.3 is 0 Å². The van der Waals surface area contributed by atoms with Gasteiger partial charge in [-0.1, -0.05) is 6.92 Å². The number of sulfone groups is 1. The molecule has 16 heavy (non-hydrogen) atoms. The number of hydrogen-bond donors (Lipinski definition) is 1. The zero-order valence-corrected chi connectivity index (χ0v) is 10.3. The summed E-state index contributed by atoms with van der Waals surface area (Å²) in [5.74, 6) is -0.912. The Kier molecular flexibility index (Phi) is 3.42. The van der Waals surface area contributed by atoms with Gasteiger partial charge in [0.2, 0.25) is 0 Å². The van der Waals surface area contributed by atoms with Crippen molar-refractivity contribution in [3.8, 4) is 0 Å². The van der Waals surface area contributed by atoms with Crippen LogP contribution in [0.15, 0.2) is 17.0 Å². The topological polar surface area (TPSA) is 63.4 Å². The lowest BCUT2D eigenvalue weighted by Crippen LogP contribution is -2.14. The van der Waals surface area contributed by atoms with E-state index in [1.165, 1.54) is 13.0 Å². The highest BCUT2D eigenvalue weighted by atomic mass is 32.2. The number of rotatable bonds is 3. The number of anilines is 2. The molecule has 0 heterocycles. The van der Waals surface area contributed by atoms with Gasteiger partial charge in [-0.05, 0) is 6.07 Å². The Morgan fingerprint density at radius 1 is 1.38 bits per heavy atom. The quantitative estimate of drug-likeness (QED) is 0.816. The van der Waals surface area contributed by atoms with Crippen LogP contribution in [0.1, 0.15) is 6.92 Å². The van der Waals surface area contributed by atoms with Crippen molar-refractivity contribution in [1.82, 2.24) is 0 Å². The molecular weight excluding hydrogens is 231 g/mol. The van der Waals surface area contributed by atoms with Crippen molar-refractivity contribution < 1.29 is 12.8 Å². The van der Waals surface area contributed by atoms with Crippen LogP contribution in [-0.2, 0) is 9.84 Å². The Bertz CT molecular complexity index is 498. The van der Waals surface area contributed by atoms with E-state index in [4.69, 9.17) is 5.73 Å². The number of nitrogen functional groups attached to an aromatic ring is 1. The summed E-state index contributed by atoms with van der Waals surface area (Å²) in [6.45, 7) is 1.46. The maximum absolute atomic E-state index is 13.6. The smallest absolute Gasteiger partial charge is 0.181 e. The standard InChI is InChI=1S/C10H15FN2O2S/c1-4-16(14,15)10-6-8(12)9(13(2)3)5-7(10)11/h5-6H,4,12H2,1-3H3. The van der Waals surface area contributed by atoms with E-state index in [0.29, 0.717) is 5.69 Å². The molecule has 0 bridgehead atoms. The SMILES string of the molecule is CCS(=O)(=O)c1cc(N)c(N(C)C)cc1F. The normalized spacial score (nSPS) is 11.5. The van der Waals surface area contributed by atoms with E-state index in [-0.39, 0.29) is 16.3 Å². The highest BCUT2D eigenvalue weighted by Crippen LogP contribution is 2.28. The monoisotopic (exact) mass is 246 g/mol. The second kappa shape index (κ2) is 4.29. The fraction of sp³-hybridized carbons (Fsp3) is 0.400. The fourth-order valence-corrected chi connectivity index (χ4v) is 2.31. The lowest BCUT2D eigenvalue weighted by atomic mass is 10.2. The molecule has 0 aliphatic heterocycles. The molecule has 0 saturated carbocycles. The molecule has 1 aromatic rings. The van der Waals surface area contributed by atoms with Gasteiger partial charge < -0.3 is 10.6 Å². The van der Waals surface area contributed by atoms with Crippen LogP contribution in [0, 0.1) is 5.82 Å². The second-order valence-electron chi connectivity index (χ2n) is 3.64. The van der Waals surface area contributed by atoms with Crippen molar-refractivity contribution in [2.75, 3.05) is 30.5 Å². The molecule has 0 aliphatic carbocycles. The molecule has 0 amide bonds. The molecule has 1 aromatic carbocycles. The second-order valence-corrected chi connectivity index (χ2v) is 5.89. The lowest BCUT2D eigenvalue weighted by Gasteiger charge is -2.16. The van der Waals surface area contributed by atoms with Crippen molar-refractivity contribution in [2.24, 2.45) is 0 Å². The molecule has 4 nitrogen and oxygen atoms in total. The van der Waals surface area contributed by atoms with Gasteiger partial charge in [0.15, 0.2) is 9.84 Å². The van der Waals surface area contributed by atoms with E-state index in [9.17, 15) is 12.8 Å². The van der Waals surface area contributed by atoms with E-state index in [2.05, 4.69) is 0 Å². The summed E-state index contributed by atoms with van der Waals surface area (Å²) in [7, 11) is -0.152. The van der Waals surface area contributed by atoms with E-state index >= 15 is 0 Å². The van der Waals surface area contributed by atoms with E-state index in [0.717, 1.165) is 6.07 Å². The Labute approximate surface area is 94.8 Å². The average molecular weight is 246 g/mol. The van der Waals surface area contributed by atoms with E-state index in [1.807, 2.05) is 0 Å². The molecule has 1 rings (SSSR count). The van der Waals surface area contributed by atoms with Gasteiger partial charge in [0.1, 0.15) is 10.7 Å². The molecule has 0 aromatic heterocycles. The molecule has 90 valence electrons. The molecule has 6 heteroatoms. The summed E-state index contributed by atoms with van der Waals surface area (Å²) in [4.78, 5) is 1.29. The zero-order valence-electron chi connectivity index (χ0n) is 9.49. The van der Waals surface area contributed by atoms with Crippen LogP contribution in [0.4, 0.5) is 15.8 Å². The minimum Gasteiger partial charge on any atom is -0.397 e. The molecule has 0 spiro atoms. The molecule has 0 saturated heterocycles. The summed E-state index contributed by atoms with van der Waals surface area (Å²) < 4.78 is 36.7. The maximum atomic E-state index is 13.6. The van der Waals surface area contributed by atoms with Crippen molar-refractivity contribution >= 4 is 21.2 Å². The number of nitrogens with two attached hydrogens (primary N) is 1. The number of halogens is 1. The van der Waals surface area contributed by atoms with Crippen LogP contribution < -0.4 is 10.6 Å². The molecule has 0 fully saturated rings. The molecule has 2 N–H and O–H groups in total. The summed E-state index contributed by atoms with van der Waals surface area (Å²) >= 11 is 0. The third-order valence-corrected chi connectivity index (χ3v) is 4.02. The Morgan fingerprint density at radius 3 is 2.38 bits per heavy atom. The summed E-state index contributed by atoms with van der Waals surface area (Å²) in [5.41, 5.74) is 6.38. The maximum Gasteiger partial charge on any atom is 0.181 e. The van der Waals surface area contributed by atoms with Gasteiger partial charge in [0.25, 0.3) is 0 Å². The molecular formula is C10H15FN2O2S. The predicted octanol–water partition coefficient (Wildman–Crippen LogP) is 1.27. The van der Waals surface area contributed by atoms with Crippen molar-refractivity contribution in [3.05, 3.63) is 17.9 Å². The van der Waals surface area contributed by atoms with Crippen LogP contribution in [0.25, 0.3) is 0 Å². The van der Waals surface area contributed by atoms with Gasteiger partial charge in [-0.25, -0.2) is 12.8 Å². The third kappa shape index (κ3) is 2.27. The number of nitrogens with zero attached hydrogens (tertiary/aromatic N) is 1. The van der Waals surface area contributed by atoms with E-state index < -0.39 is 15.7 Å². The highest BCUT2D eigenvalue weighted by Gasteiger charge is 2.19. The average Bonchev–Trinajstić information content (AvgIpc) is 2.20. The minimum atomic E-state index is -3.57. The minimum absolute atomic E-state index is 0.148. The Balaban J connectivity index is 3.43. The summed E-state index contributed by atoms with van der Waals surface area (Å²) in [5, 5.41) is 0. The largest absolute Gasteiger partial charge is 0.397 e. The van der Waals surface area contributed by atoms with Gasteiger partial charge in [-0.3, -0.25) is 0 Å². The first-order valence-corrected chi connectivity index (χ1v) is 6.44. The Morgan fingerprint density at radius 2 is 1.94 bits per heavy atom. The third-order valence-electron chi connectivity index (χ3n) is 2.28. The highest BCUT2D eigenvalue weighted by molar-refractivity contribution is 7.91. The van der Waals surface area contributed by atoms with Crippen LogP contribution in [0.2, 0.25) is 0 Å². The molecule has 0 aliphatic rings. The summed E-state index contributed by atoms with van der Waals surface area (Å²) in [6.07, 6.45) is 0. The Hall–Kier alpha value is -1.30. The molecule has 0 unspecified atom stereocenters. The van der Waals surface area contributed by atoms with Gasteiger partial charge in [0, 0.05) is 20.2 Å². The van der Waals surface area contributed by atoms with Crippen LogP contribution >= 0.6 is 0 Å². The lowest BCUT2D eigenvalue weighted by molar-refractivity contribution is 0.568. The van der Waals surface area contributed by atoms with Gasteiger partial charge in [-0.15, -0.1) is 0 Å². The van der Waals surface area contributed by atoms with Crippen molar-refractivity contribution in [2.45, 2.75) is 11.8 Å². The van der Waals surface area contributed by atoms with Crippen LogP contribution in [0.5, 0.6) is 0 Å². The molecule has 0 atom stereocenters. The predicted molar refractivity (Wildman–Crippen MR) is 62.9 cm³/mol. The van der Waals surface area contributed by atoms with Crippen LogP contribution in [0.3, 0.4) is 0 Å². The van der Waals surface area contributed by atoms with Gasteiger partial charge in [0.05, 0.1) is 17.1 Å². The zero-order chi connectivity index (χ0) is 12.5. The first-order chi connectivity index (χ1) is 7.29. The van der Waals surface area contributed by atoms with Gasteiger partial charge in [-0.2, -0.15) is 0 Å². The first-order valence-electron chi connectivity index (χ1n) is 4.78. The van der Waals surface area contributed by atoms with E-state index in [1.54, 1.807) is 19.0 Å². The van der Waals surface area contributed by atoms with Crippen molar-refractivity contribution in [1.29, 1.82) is 0 Å². The molecule has 0 radical (unpaired) electrons. The van der Waals surface area contributed by atoms with Crippen LogP contribution in [-0.4, -0.2) is 28.3 Å². The number of hydrogen-bond acceptors (Lipinski definition) is 4. The fourth-order valence-electron chi connectivity index (χ4n) is 1.34. The number of benzene rings is 1. The summed E-state index contributed by atoms with van der Waals surface area (Å²) in [6, 6.07) is 2.31. The van der Waals surface area contributed by atoms with Crippen molar-refractivity contribution in [3.63, 3.8) is 0 Å². The first kappa shape index (κ1) is 12.8.